The maximum Gasteiger partial charge on any atom is 0.320 e. The number of carboxylic acid groups (broad SMARTS) is 2. The highest BCUT2D eigenvalue weighted by Crippen LogP contribution is 2.20. The van der Waals surface area contributed by atoms with Gasteiger partial charge in [0.1, 0.15) is 17.9 Å². The van der Waals surface area contributed by atoms with Crippen LogP contribution in [0.25, 0.3) is 21.8 Å². The van der Waals surface area contributed by atoms with Gasteiger partial charge in [-0.25, -0.2) is 4.39 Å². The van der Waals surface area contributed by atoms with E-state index in [1.165, 1.54) is 12.1 Å². The van der Waals surface area contributed by atoms with Crippen LogP contribution in [-0.4, -0.2) is 44.2 Å². The van der Waals surface area contributed by atoms with Crippen molar-refractivity contribution in [1.29, 1.82) is 0 Å². The van der Waals surface area contributed by atoms with Gasteiger partial charge in [-0.3, -0.25) is 9.59 Å². The van der Waals surface area contributed by atoms with Crippen molar-refractivity contribution in [3.8, 4) is 0 Å². The van der Waals surface area contributed by atoms with E-state index in [4.69, 9.17) is 21.7 Å². The molecule has 0 amide bonds. The third-order valence-electron chi connectivity index (χ3n) is 4.92. The molecule has 0 saturated heterocycles. The molecule has 2 aromatic carbocycles. The van der Waals surface area contributed by atoms with Crippen LogP contribution in [0.5, 0.6) is 0 Å². The first-order valence-electron chi connectivity index (χ1n) is 9.53. The van der Waals surface area contributed by atoms with Crippen LogP contribution in [0, 0.1) is 5.82 Å². The Kier molecular flexibility index (Phi) is 6.68. The van der Waals surface area contributed by atoms with E-state index < -0.39 is 24.0 Å². The average molecular weight is 426 g/mol. The van der Waals surface area contributed by atoms with Crippen LogP contribution < -0.4 is 11.5 Å². The molecule has 0 saturated carbocycles. The van der Waals surface area contributed by atoms with Gasteiger partial charge >= 0.3 is 11.9 Å². The fraction of sp³-hybridized carbons (Fsp3) is 0.182. The zero-order chi connectivity index (χ0) is 22.5. The van der Waals surface area contributed by atoms with Crippen LogP contribution in [0.3, 0.4) is 0 Å². The maximum atomic E-state index is 13.0. The summed E-state index contributed by atoms with van der Waals surface area (Å²) in [6, 6.07) is 10.3. The van der Waals surface area contributed by atoms with E-state index in [9.17, 15) is 14.0 Å². The zero-order valence-corrected chi connectivity index (χ0v) is 16.5. The summed E-state index contributed by atoms with van der Waals surface area (Å²) in [6.07, 6.45) is 4.00. The monoisotopic (exact) mass is 426 g/mol. The molecule has 4 rings (SSSR count). The number of para-hydroxylation sites is 1. The second-order valence-corrected chi connectivity index (χ2v) is 7.16. The Labute approximate surface area is 176 Å². The molecular weight excluding hydrogens is 403 g/mol. The van der Waals surface area contributed by atoms with Gasteiger partial charge in [0.15, 0.2) is 0 Å². The number of aliphatic carboxylic acids is 2. The number of hydrogen-bond donors (Lipinski definition) is 6. The Balaban J connectivity index is 0.000000176. The number of halogens is 1. The van der Waals surface area contributed by atoms with Gasteiger partial charge in [-0.05, 0) is 35.4 Å². The number of carbonyl (C=O) groups is 2. The number of aromatic nitrogens is 2. The quantitative estimate of drug-likeness (QED) is 0.278. The number of aromatic amines is 2. The third-order valence-corrected chi connectivity index (χ3v) is 4.92. The molecule has 31 heavy (non-hydrogen) atoms. The van der Waals surface area contributed by atoms with E-state index >= 15 is 0 Å². The largest absolute Gasteiger partial charge is 0.480 e. The normalized spacial score (nSPS) is 12.9. The van der Waals surface area contributed by atoms with Crippen LogP contribution in [0.4, 0.5) is 4.39 Å². The minimum absolute atomic E-state index is 0.179. The fourth-order valence-corrected chi connectivity index (χ4v) is 3.27. The Bertz CT molecular complexity index is 1220. The molecule has 0 aliphatic rings. The molecule has 8 N–H and O–H groups in total. The molecule has 0 aliphatic heterocycles. The van der Waals surface area contributed by atoms with Crippen molar-refractivity contribution in [3.63, 3.8) is 0 Å². The van der Waals surface area contributed by atoms with E-state index in [0.29, 0.717) is 17.4 Å². The Morgan fingerprint density at radius 3 is 1.94 bits per heavy atom. The SMILES string of the molecule is NC(Cc1c[nH]c2ccccc12)C(=O)O.N[C@@H](Cc1c[nH]c2ccc(F)cc12)C(=O)O. The van der Waals surface area contributed by atoms with Crippen LogP contribution in [-0.2, 0) is 22.4 Å². The summed E-state index contributed by atoms with van der Waals surface area (Å²) < 4.78 is 13.0. The van der Waals surface area contributed by atoms with E-state index in [0.717, 1.165) is 22.0 Å². The fourth-order valence-electron chi connectivity index (χ4n) is 3.27. The number of nitrogens with one attached hydrogen (secondary N) is 2. The molecule has 2 atom stereocenters. The van der Waals surface area contributed by atoms with Gasteiger partial charge in [-0.15, -0.1) is 0 Å². The van der Waals surface area contributed by atoms with Crippen molar-refractivity contribution >= 4 is 33.7 Å². The van der Waals surface area contributed by atoms with Crippen molar-refractivity contribution < 1.29 is 24.2 Å². The first-order valence-corrected chi connectivity index (χ1v) is 9.53. The van der Waals surface area contributed by atoms with Crippen LogP contribution in [0.2, 0.25) is 0 Å². The first kappa shape index (κ1) is 22.0. The lowest BCUT2D eigenvalue weighted by atomic mass is 10.1. The molecule has 0 bridgehead atoms. The molecule has 0 radical (unpaired) electrons. The van der Waals surface area contributed by atoms with Crippen molar-refractivity contribution in [2.45, 2.75) is 24.9 Å². The second-order valence-electron chi connectivity index (χ2n) is 7.16. The molecule has 0 fully saturated rings. The van der Waals surface area contributed by atoms with Gasteiger partial charge in [-0.1, -0.05) is 18.2 Å². The predicted molar refractivity (Wildman–Crippen MR) is 115 cm³/mol. The molecule has 0 aliphatic carbocycles. The van der Waals surface area contributed by atoms with Gasteiger partial charge in [0.2, 0.25) is 0 Å². The molecule has 8 nitrogen and oxygen atoms in total. The van der Waals surface area contributed by atoms with Gasteiger partial charge in [0.05, 0.1) is 0 Å². The van der Waals surface area contributed by atoms with E-state index in [1.807, 2.05) is 30.5 Å². The highest BCUT2D eigenvalue weighted by atomic mass is 19.1. The van der Waals surface area contributed by atoms with E-state index in [-0.39, 0.29) is 12.2 Å². The van der Waals surface area contributed by atoms with Gasteiger partial charge in [0.25, 0.3) is 0 Å². The Hall–Kier alpha value is -3.69. The molecule has 162 valence electrons. The highest BCUT2D eigenvalue weighted by molar-refractivity contribution is 5.85. The van der Waals surface area contributed by atoms with Gasteiger partial charge in [0, 0.05) is 47.0 Å². The van der Waals surface area contributed by atoms with Crippen LogP contribution in [0.15, 0.2) is 54.9 Å². The Morgan fingerprint density at radius 2 is 1.35 bits per heavy atom. The van der Waals surface area contributed by atoms with Crippen LogP contribution >= 0.6 is 0 Å². The van der Waals surface area contributed by atoms with Crippen molar-refractivity contribution in [3.05, 3.63) is 71.8 Å². The molecule has 2 heterocycles. The van der Waals surface area contributed by atoms with E-state index in [1.54, 1.807) is 12.3 Å². The molecule has 4 aromatic rings. The lowest BCUT2D eigenvalue weighted by molar-refractivity contribution is -0.139. The van der Waals surface area contributed by atoms with E-state index in [2.05, 4.69) is 9.97 Å². The first-order chi connectivity index (χ1) is 14.8. The number of rotatable bonds is 6. The van der Waals surface area contributed by atoms with Crippen molar-refractivity contribution in [2.75, 3.05) is 0 Å². The molecule has 0 spiro atoms. The second kappa shape index (κ2) is 9.41. The van der Waals surface area contributed by atoms with Gasteiger partial charge < -0.3 is 31.6 Å². The number of H-pyrrole nitrogens is 2. The summed E-state index contributed by atoms with van der Waals surface area (Å²) in [5.41, 5.74) is 14.3. The Morgan fingerprint density at radius 1 is 0.839 bits per heavy atom. The number of benzene rings is 2. The molecule has 9 heteroatoms. The molecule has 1 unspecified atom stereocenters. The minimum Gasteiger partial charge on any atom is -0.480 e. The smallest absolute Gasteiger partial charge is 0.320 e. The summed E-state index contributed by atoms with van der Waals surface area (Å²) in [5, 5.41) is 19.1. The zero-order valence-electron chi connectivity index (χ0n) is 16.5. The summed E-state index contributed by atoms with van der Waals surface area (Å²) in [7, 11) is 0. The molecule has 2 aromatic heterocycles. The molecular formula is C22H23FN4O4. The average Bonchev–Trinajstić information content (AvgIpc) is 3.32. The number of carboxylic acids is 2. The third kappa shape index (κ3) is 5.27. The predicted octanol–water partition coefficient (Wildman–Crippen LogP) is 2.38. The summed E-state index contributed by atoms with van der Waals surface area (Å²) in [4.78, 5) is 27.3. The van der Waals surface area contributed by atoms with Crippen molar-refractivity contribution in [1.82, 2.24) is 9.97 Å². The summed E-state index contributed by atoms with van der Waals surface area (Å²) in [5.74, 6) is -2.39. The number of nitrogens with two attached hydrogens (primary N) is 2. The lowest BCUT2D eigenvalue weighted by Gasteiger charge is -2.04. The topological polar surface area (TPSA) is 158 Å². The van der Waals surface area contributed by atoms with Crippen LogP contribution in [0.1, 0.15) is 11.1 Å². The standard InChI is InChI=1S/C11H11FN2O2.C11H12N2O2/c12-7-1-2-10-8(4-7)6(5-14-10)3-9(13)11(15)16;12-9(11(14)15)5-7-6-13-10-4-2-1-3-8(7)10/h1-2,4-5,9,14H,3,13H2,(H,15,16);1-4,6,9,13H,5,12H2,(H,14,15)/t9-;/m0./s1. The number of fused-ring (bicyclic) bond motifs is 2. The lowest BCUT2D eigenvalue weighted by Crippen LogP contribution is -2.32. The summed E-state index contributed by atoms with van der Waals surface area (Å²) in [6.45, 7) is 0. The highest BCUT2D eigenvalue weighted by Gasteiger charge is 2.15. The maximum absolute atomic E-state index is 13.0. The summed E-state index contributed by atoms with van der Waals surface area (Å²) >= 11 is 0. The number of hydrogen-bond acceptors (Lipinski definition) is 4. The minimum atomic E-state index is -1.06. The van der Waals surface area contributed by atoms with Gasteiger partial charge in [-0.2, -0.15) is 0 Å². The van der Waals surface area contributed by atoms with Crippen molar-refractivity contribution in [2.24, 2.45) is 11.5 Å².